The maximum absolute atomic E-state index is 12.1. The highest BCUT2D eigenvalue weighted by atomic mass is 16.2. The standard InChI is InChI=1S/C14H22N4O/c1-14(9-15,12-2-3-12)17-13(19)8-18-6-10-4-16-5-11(10)7-18/h10-12,16H,2-8H2,1H3,(H,17,19)/t10-,11+,14?. The van der Waals surface area contributed by atoms with Crippen LogP contribution >= 0.6 is 0 Å². The molecule has 5 heteroatoms. The lowest BCUT2D eigenvalue weighted by atomic mass is 9.98. The van der Waals surface area contributed by atoms with Gasteiger partial charge in [0.1, 0.15) is 5.54 Å². The molecule has 0 aromatic rings. The minimum absolute atomic E-state index is 0.00360. The summed E-state index contributed by atoms with van der Waals surface area (Å²) >= 11 is 0. The first-order valence-corrected chi connectivity index (χ1v) is 7.26. The third kappa shape index (κ3) is 2.60. The Bertz CT molecular complexity index is 402. The molecule has 1 amide bonds. The molecule has 3 atom stereocenters. The molecule has 3 aliphatic rings. The molecule has 2 N–H and O–H groups in total. The monoisotopic (exact) mass is 262 g/mol. The van der Waals surface area contributed by atoms with E-state index < -0.39 is 5.54 Å². The summed E-state index contributed by atoms with van der Waals surface area (Å²) in [5.74, 6) is 1.77. The van der Waals surface area contributed by atoms with Crippen LogP contribution in [0.15, 0.2) is 0 Å². The van der Waals surface area contributed by atoms with Gasteiger partial charge in [0, 0.05) is 13.1 Å². The van der Waals surface area contributed by atoms with Crippen molar-refractivity contribution < 1.29 is 4.79 Å². The lowest BCUT2D eigenvalue weighted by Crippen LogP contribution is -2.50. The zero-order valence-electron chi connectivity index (χ0n) is 11.5. The normalized spacial score (nSPS) is 33.5. The number of hydrogen-bond acceptors (Lipinski definition) is 4. The second-order valence-corrected chi connectivity index (χ2v) is 6.51. The summed E-state index contributed by atoms with van der Waals surface area (Å²) in [6.07, 6.45) is 2.12. The van der Waals surface area contributed by atoms with Gasteiger partial charge in [0.25, 0.3) is 0 Å². The molecular weight excluding hydrogens is 240 g/mol. The van der Waals surface area contributed by atoms with Crippen LogP contribution in [0, 0.1) is 29.1 Å². The van der Waals surface area contributed by atoms with Crippen molar-refractivity contribution in [3.63, 3.8) is 0 Å². The van der Waals surface area contributed by atoms with E-state index in [1.165, 1.54) is 0 Å². The Balaban J connectivity index is 1.50. The van der Waals surface area contributed by atoms with Gasteiger partial charge in [-0.25, -0.2) is 0 Å². The maximum atomic E-state index is 12.1. The Hall–Kier alpha value is -1.12. The zero-order chi connectivity index (χ0) is 13.5. The van der Waals surface area contributed by atoms with E-state index in [-0.39, 0.29) is 5.91 Å². The maximum Gasteiger partial charge on any atom is 0.235 e. The number of nitrogens with zero attached hydrogens (tertiary/aromatic N) is 2. The van der Waals surface area contributed by atoms with Crippen LogP contribution in [0.3, 0.4) is 0 Å². The molecule has 0 radical (unpaired) electrons. The molecule has 0 aromatic carbocycles. The molecular formula is C14H22N4O. The van der Waals surface area contributed by atoms with Gasteiger partial charge >= 0.3 is 0 Å². The summed E-state index contributed by atoms with van der Waals surface area (Å²) < 4.78 is 0. The predicted molar refractivity (Wildman–Crippen MR) is 71.2 cm³/mol. The molecule has 1 aliphatic carbocycles. The number of amides is 1. The lowest BCUT2D eigenvalue weighted by Gasteiger charge is -2.25. The largest absolute Gasteiger partial charge is 0.337 e. The van der Waals surface area contributed by atoms with Crippen LogP contribution in [0.5, 0.6) is 0 Å². The highest BCUT2D eigenvalue weighted by Gasteiger charge is 2.43. The number of nitriles is 1. The topological polar surface area (TPSA) is 68.2 Å². The second-order valence-electron chi connectivity index (χ2n) is 6.51. The summed E-state index contributed by atoms with van der Waals surface area (Å²) in [7, 11) is 0. The highest BCUT2D eigenvalue weighted by Crippen LogP contribution is 2.39. The van der Waals surface area contributed by atoms with Gasteiger partial charge in [0.2, 0.25) is 5.91 Å². The van der Waals surface area contributed by atoms with E-state index in [1.54, 1.807) is 0 Å². The summed E-state index contributed by atoms with van der Waals surface area (Å²) in [5.41, 5.74) is -0.658. The molecule has 3 rings (SSSR count). The molecule has 1 unspecified atom stereocenters. The quantitative estimate of drug-likeness (QED) is 0.745. The van der Waals surface area contributed by atoms with Crippen molar-refractivity contribution >= 4 is 5.91 Å². The van der Waals surface area contributed by atoms with Gasteiger partial charge in [-0.1, -0.05) is 0 Å². The van der Waals surface area contributed by atoms with Crippen LogP contribution in [-0.2, 0) is 4.79 Å². The Kier molecular flexibility index (Phi) is 3.23. The van der Waals surface area contributed by atoms with Crippen molar-refractivity contribution in [2.45, 2.75) is 25.3 Å². The van der Waals surface area contributed by atoms with E-state index in [4.69, 9.17) is 0 Å². The summed E-state index contributed by atoms with van der Waals surface area (Å²) in [5, 5.41) is 15.6. The molecule has 0 spiro atoms. The van der Waals surface area contributed by atoms with Crippen LogP contribution in [0.25, 0.3) is 0 Å². The lowest BCUT2D eigenvalue weighted by molar-refractivity contribution is -0.123. The summed E-state index contributed by atoms with van der Waals surface area (Å²) in [6.45, 7) is 6.49. The SMILES string of the molecule is CC(C#N)(NC(=O)CN1C[C@H]2CNC[C@H]2C1)C1CC1. The second kappa shape index (κ2) is 4.77. The predicted octanol–water partition coefficient (Wildman–Crippen LogP) is -0.0539. The van der Waals surface area contributed by atoms with Crippen molar-refractivity contribution in [2.24, 2.45) is 17.8 Å². The first-order valence-electron chi connectivity index (χ1n) is 7.26. The third-order valence-electron chi connectivity index (χ3n) is 4.86. The van der Waals surface area contributed by atoms with E-state index in [9.17, 15) is 10.1 Å². The van der Waals surface area contributed by atoms with Gasteiger partial charge in [-0.3, -0.25) is 9.69 Å². The third-order valence-corrected chi connectivity index (χ3v) is 4.86. The van der Waals surface area contributed by atoms with Crippen molar-refractivity contribution in [3.8, 4) is 6.07 Å². The van der Waals surface area contributed by atoms with Gasteiger partial charge in [0.15, 0.2) is 0 Å². The number of rotatable bonds is 4. The van der Waals surface area contributed by atoms with E-state index >= 15 is 0 Å². The van der Waals surface area contributed by atoms with E-state index in [2.05, 4.69) is 21.6 Å². The average Bonchev–Trinajstić information content (AvgIpc) is 3.03. The van der Waals surface area contributed by atoms with E-state index in [0.29, 0.717) is 24.3 Å². The van der Waals surface area contributed by atoms with Gasteiger partial charge < -0.3 is 10.6 Å². The Morgan fingerprint density at radius 1 is 1.42 bits per heavy atom. The molecule has 0 aromatic heterocycles. The first-order chi connectivity index (χ1) is 9.10. The van der Waals surface area contributed by atoms with Crippen LogP contribution < -0.4 is 10.6 Å². The van der Waals surface area contributed by atoms with Crippen LogP contribution in [0.4, 0.5) is 0 Å². The van der Waals surface area contributed by atoms with Crippen LogP contribution in [0.1, 0.15) is 19.8 Å². The highest BCUT2D eigenvalue weighted by molar-refractivity contribution is 5.79. The van der Waals surface area contributed by atoms with E-state index in [1.807, 2.05) is 6.92 Å². The Labute approximate surface area is 114 Å². The molecule has 104 valence electrons. The molecule has 2 aliphatic heterocycles. The zero-order valence-corrected chi connectivity index (χ0v) is 11.5. The van der Waals surface area contributed by atoms with E-state index in [0.717, 1.165) is 39.0 Å². The van der Waals surface area contributed by atoms with Gasteiger partial charge in [-0.2, -0.15) is 5.26 Å². The molecule has 19 heavy (non-hydrogen) atoms. The number of nitrogens with one attached hydrogen (secondary N) is 2. The van der Waals surface area contributed by atoms with Crippen molar-refractivity contribution in [3.05, 3.63) is 0 Å². The Morgan fingerprint density at radius 2 is 2.05 bits per heavy atom. The number of fused-ring (bicyclic) bond motifs is 1. The van der Waals surface area contributed by atoms with Gasteiger partial charge in [0.05, 0.1) is 12.6 Å². The fraction of sp³-hybridized carbons (Fsp3) is 0.857. The number of hydrogen-bond donors (Lipinski definition) is 2. The molecule has 2 heterocycles. The smallest absolute Gasteiger partial charge is 0.235 e. The fourth-order valence-electron chi connectivity index (χ4n) is 3.50. The number of carbonyl (C=O) groups is 1. The van der Waals surface area contributed by atoms with Gasteiger partial charge in [-0.15, -0.1) is 0 Å². The first kappa shape index (κ1) is 12.9. The molecule has 0 bridgehead atoms. The van der Waals surface area contributed by atoms with Crippen molar-refractivity contribution in [1.29, 1.82) is 5.26 Å². The minimum atomic E-state index is -0.658. The van der Waals surface area contributed by atoms with Crippen LogP contribution in [-0.4, -0.2) is 49.1 Å². The summed E-state index contributed by atoms with van der Waals surface area (Å²) in [4.78, 5) is 14.3. The van der Waals surface area contributed by atoms with Crippen molar-refractivity contribution in [2.75, 3.05) is 32.7 Å². The van der Waals surface area contributed by atoms with Crippen LogP contribution in [0.2, 0.25) is 0 Å². The molecule has 5 nitrogen and oxygen atoms in total. The average molecular weight is 262 g/mol. The fourth-order valence-corrected chi connectivity index (χ4v) is 3.50. The molecule has 3 fully saturated rings. The number of likely N-dealkylation sites (tertiary alicyclic amines) is 1. The Morgan fingerprint density at radius 3 is 2.58 bits per heavy atom. The molecule has 1 saturated carbocycles. The van der Waals surface area contributed by atoms with Gasteiger partial charge in [-0.05, 0) is 50.6 Å². The minimum Gasteiger partial charge on any atom is -0.337 e. The van der Waals surface area contributed by atoms with Crippen molar-refractivity contribution in [1.82, 2.24) is 15.5 Å². The number of carbonyl (C=O) groups excluding carboxylic acids is 1. The summed E-state index contributed by atoms with van der Waals surface area (Å²) in [6, 6.07) is 2.28. The molecule has 2 saturated heterocycles.